The van der Waals surface area contributed by atoms with Crippen molar-refractivity contribution in [3.05, 3.63) is 21.3 Å². The topological polar surface area (TPSA) is 137 Å². The van der Waals surface area contributed by atoms with E-state index in [2.05, 4.69) is 35.8 Å². The first-order chi connectivity index (χ1) is 12.6. The molecule has 0 aromatic carbocycles. The molecule has 27 heavy (non-hydrogen) atoms. The Labute approximate surface area is 167 Å². The SMILES string of the molecule is CCNc1nc(Cl)nc(NCC)n1.CSc1nnc(C(C)(C)C)c(=O)n1N. The highest BCUT2D eigenvalue weighted by atomic mass is 35.5. The van der Waals surface area contributed by atoms with Crippen LogP contribution >= 0.6 is 23.4 Å². The quantitative estimate of drug-likeness (QED) is 0.489. The zero-order valence-electron chi connectivity index (χ0n) is 16.4. The van der Waals surface area contributed by atoms with Gasteiger partial charge in [0.15, 0.2) is 0 Å². The average molecular weight is 416 g/mol. The summed E-state index contributed by atoms with van der Waals surface area (Å²) in [6.07, 6.45) is 1.80. The van der Waals surface area contributed by atoms with Crippen LogP contribution in [0.1, 0.15) is 40.3 Å². The van der Waals surface area contributed by atoms with Gasteiger partial charge in [-0.2, -0.15) is 19.6 Å². The van der Waals surface area contributed by atoms with E-state index in [0.717, 1.165) is 17.8 Å². The Hall–Kier alpha value is -2.14. The van der Waals surface area contributed by atoms with Crippen LogP contribution in [0.2, 0.25) is 5.28 Å². The molecule has 2 heterocycles. The molecule has 12 heteroatoms. The number of nitrogens with one attached hydrogen (secondary N) is 2. The molecule has 10 nitrogen and oxygen atoms in total. The molecule has 0 aliphatic heterocycles. The van der Waals surface area contributed by atoms with E-state index in [-0.39, 0.29) is 16.3 Å². The number of nitrogens with two attached hydrogens (primary N) is 1. The van der Waals surface area contributed by atoms with Crippen LogP contribution in [0.25, 0.3) is 0 Å². The third-order valence-electron chi connectivity index (χ3n) is 3.03. The van der Waals surface area contributed by atoms with Gasteiger partial charge in [0.05, 0.1) is 0 Å². The van der Waals surface area contributed by atoms with E-state index in [1.54, 1.807) is 6.26 Å². The fourth-order valence-corrected chi connectivity index (χ4v) is 2.38. The van der Waals surface area contributed by atoms with Crippen molar-refractivity contribution >= 4 is 35.3 Å². The summed E-state index contributed by atoms with van der Waals surface area (Å²) in [5, 5.41) is 14.3. The molecule has 0 saturated heterocycles. The van der Waals surface area contributed by atoms with E-state index in [4.69, 9.17) is 17.4 Å². The number of thioether (sulfide) groups is 1. The standard InChI is InChI=1S/C8H14N4OS.C7H12ClN5/c1-8(2,3)5-6(13)12(9)7(14-4)11-10-5;1-3-9-6-11-5(8)12-7(13-6)10-4-2/h9H2,1-4H3;3-4H2,1-2H3,(H2,9,10,11,12,13). The minimum Gasteiger partial charge on any atom is -0.354 e. The Balaban J connectivity index is 0.000000271. The Bertz CT molecular complexity index is 783. The van der Waals surface area contributed by atoms with Gasteiger partial charge in [-0.1, -0.05) is 32.5 Å². The molecule has 0 atom stereocenters. The van der Waals surface area contributed by atoms with Gasteiger partial charge in [0.25, 0.3) is 5.56 Å². The van der Waals surface area contributed by atoms with Crippen LogP contribution in [0, 0.1) is 0 Å². The molecular formula is C15H26ClN9OS. The molecule has 0 aliphatic carbocycles. The number of hydrogen-bond donors (Lipinski definition) is 3. The molecule has 0 aliphatic rings. The average Bonchev–Trinajstić information content (AvgIpc) is 2.57. The first-order valence-electron chi connectivity index (χ1n) is 8.32. The fourth-order valence-electron chi connectivity index (χ4n) is 1.82. The Morgan fingerprint density at radius 3 is 2.00 bits per heavy atom. The van der Waals surface area contributed by atoms with Crippen molar-refractivity contribution in [3.63, 3.8) is 0 Å². The number of halogens is 1. The summed E-state index contributed by atoms with van der Waals surface area (Å²) in [7, 11) is 0. The van der Waals surface area contributed by atoms with Crippen molar-refractivity contribution in [2.24, 2.45) is 0 Å². The van der Waals surface area contributed by atoms with E-state index in [9.17, 15) is 4.79 Å². The third-order valence-corrected chi connectivity index (χ3v) is 3.85. The summed E-state index contributed by atoms with van der Waals surface area (Å²) in [5.41, 5.74) is -0.225. The van der Waals surface area contributed by atoms with Gasteiger partial charge < -0.3 is 16.5 Å². The molecule has 0 bridgehead atoms. The van der Waals surface area contributed by atoms with Crippen LogP contribution < -0.4 is 22.0 Å². The van der Waals surface area contributed by atoms with Crippen LogP contribution in [-0.4, -0.2) is 49.2 Å². The first kappa shape index (κ1) is 22.9. The molecule has 0 radical (unpaired) electrons. The Morgan fingerprint density at radius 1 is 1.07 bits per heavy atom. The molecule has 0 amide bonds. The molecule has 0 spiro atoms. The monoisotopic (exact) mass is 415 g/mol. The second-order valence-electron chi connectivity index (χ2n) is 6.27. The first-order valence-corrected chi connectivity index (χ1v) is 9.92. The van der Waals surface area contributed by atoms with Crippen molar-refractivity contribution in [2.75, 3.05) is 35.8 Å². The third kappa shape index (κ3) is 6.83. The molecular weight excluding hydrogens is 390 g/mol. The molecule has 0 saturated carbocycles. The predicted molar refractivity (Wildman–Crippen MR) is 110 cm³/mol. The number of aromatic nitrogens is 6. The van der Waals surface area contributed by atoms with E-state index in [1.165, 1.54) is 11.8 Å². The second-order valence-corrected chi connectivity index (χ2v) is 7.38. The smallest absolute Gasteiger partial charge is 0.295 e. The highest BCUT2D eigenvalue weighted by molar-refractivity contribution is 7.98. The van der Waals surface area contributed by atoms with Gasteiger partial charge in [-0.25, -0.2) is 0 Å². The molecule has 2 aromatic heterocycles. The zero-order valence-corrected chi connectivity index (χ0v) is 17.9. The highest BCUT2D eigenvalue weighted by Gasteiger charge is 2.22. The van der Waals surface area contributed by atoms with Crippen LogP contribution in [0.4, 0.5) is 11.9 Å². The number of nitrogen functional groups attached to an aromatic ring is 1. The molecule has 0 fully saturated rings. The molecule has 4 N–H and O–H groups in total. The van der Waals surface area contributed by atoms with Gasteiger partial charge >= 0.3 is 0 Å². The number of rotatable bonds is 5. The lowest BCUT2D eigenvalue weighted by atomic mass is 9.93. The summed E-state index contributed by atoms with van der Waals surface area (Å²) >= 11 is 6.97. The van der Waals surface area contributed by atoms with Gasteiger partial charge in [0.2, 0.25) is 22.3 Å². The second kappa shape index (κ2) is 10.3. The summed E-state index contributed by atoms with van der Waals surface area (Å²) in [4.78, 5) is 23.6. The fraction of sp³-hybridized carbons (Fsp3) is 0.600. The normalized spacial score (nSPS) is 10.8. The Kier molecular flexibility index (Phi) is 8.70. The summed E-state index contributed by atoms with van der Waals surface area (Å²) in [5.74, 6) is 6.57. The van der Waals surface area contributed by atoms with Crippen LogP contribution in [-0.2, 0) is 5.41 Å². The zero-order chi connectivity index (χ0) is 20.6. The van der Waals surface area contributed by atoms with Crippen molar-refractivity contribution in [1.82, 2.24) is 29.8 Å². The molecule has 2 rings (SSSR count). The lowest BCUT2D eigenvalue weighted by Crippen LogP contribution is -2.37. The number of nitrogens with zero attached hydrogens (tertiary/aromatic N) is 6. The van der Waals surface area contributed by atoms with Gasteiger partial charge in [-0.05, 0) is 31.7 Å². The molecule has 150 valence electrons. The summed E-state index contributed by atoms with van der Waals surface area (Å²) in [6, 6.07) is 0. The molecule has 2 aromatic rings. The van der Waals surface area contributed by atoms with E-state index in [0.29, 0.717) is 22.7 Å². The van der Waals surface area contributed by atoms with Crippen LogP contribution in [0.5, 0.6) is 0 Å². The highest BCUT2D eigenvalue weighted by Crippen LogP contribution is 2.16. The maximum absolute atomic E-state index is 11.7. The van der Waals surface area contributed by atoms with E-state index < -0.39 is 0 Å². The Morgan fingerprint density at radius 2 is 1.59 bits per heavy atom. The number of hydrogen-bond acceptors (Lipinski definition) is 10. The van der Waals surface area contributed by atoms with Gasteiger partial charge in [0.1, 0.15) is 5.69 Å². The van der Waals surface area contributed by atoms with Gasteiger partial charge in [0, 0.05) is 18.5 Å². The van der Waals surface area contributed by atoms with Crippen LogP contribution in [0.15, 0.2) is 9.95 Å². The van der Waals surface area contributed by atoms with Crippen molar-refractivity contribution in [1.29, 1.82) is 0 Å². The minimum absolute atomic E-state index is 0.196. The van der Waals surface area contributed by atoms with E-state index >= 15 is 0 Å². The number of anilines is 2. The van der Waals surface area contributed by atoms with Crippen molar-refractivity contribution < 1.29 is 0 Å². The van der Waals surface area contributed by atoms with E-state index in [1.807, 2.05) is 34.6 Å². The lowest BCUT2D eigenvalue weighted by Gasteiger charge is -2.16. The van der Waals surface area contributed by atoms with Gasteiger partial charge in [-0.3, -0.25) is 4.79 Å². The van der Waals surface area contributed by atoms with Gasteiger partial charge in [-0.15, -0.1) is 10.2 Å². The largest absolute Gasteiger partial charge is 0.354 e. The summed E-state index contributed by atoms with van der Waals surface area (Å²) < 4.78 is 1.04. The minimum atomic E-state index is -0.331. The van der Waals surface area contributed by atoms with Crippen LogP contribution in [0.3, 0.4) is 0 Å². The summed E-state index contributed by atoms with van der Waals surface area (Å²) in [6.45, 7) is 11.1. The lowest BCUT2D eigenvalue weighted by molar-refractivity contribution is 0.520. The molecule has 0 unspecified atom stereocenters. The van der Waals surface area contributed by atoms with Crippen molar-refractivity contribution in [3.8, 4) is 0 Å². The predicted octanol–water partition coefficient (Wildman–Crippen LogP) is 1.76. The van der Waals surface area contributed by atoms with Crippen molar-refractivity contribution in [2.45, 2.75) is 45.2 Å². The maximum atomic E-state index is 11.7. The maximum Gasteiger partial charge on any atom is 0.295 e.